The van der Waals surface area contributed by atoms with Crippen molar-refractivity contribution < 1.29 is 9.53 Å². The van der Waals surface area contributed by atoms with Crippen LogP contribution in [-0.2, 0) is 9.53 Å². The Bertz CT molecular complexity index is 227. The van der Waals surface area contributed by atoms with Crippen molar-refractivity contribution in [3.63, 3.8) is 0 Å². The molecule has 0 atom stereocenters. The SMILES string of the molecule is CC(C)(C)OCCCNCNC(=O)C(C)(C)C. The third kappa shape index (κ3) is 10.3. The van der Waals surface area contributed by atoms with Gasteiger partial charge in [0.05, 0.1) is 12.3 Å². The number of nitrogens with one attached hydrogen (secondary N) is 2. The van der Waals surface area contributed by atoms with E-state index < -0.39 is 0 Å². The Kier molecular flexibility index (Phi) is 6.72. The molecule has 0 aromatic carbocycles. The number of hydrogen-bond acceptors (Lipinski definition) is 3. The van der Waals surface area contributed by atoms with Crippen LogP contribution in [0.3, 0.4) is 0 Å². The molecule has 0 saturated heterocycles. The van der Waals surface area contributed by atoms with Crippen molar-refractivity contribution in [2.75, 3.05) is 19.8 Å². The van der Waals surface area contributed by atoms with Crippen LogP contribution in [0, 0.1) is 5.41 Å². The summed E-state index contributed by atoms with van der Waals surface area (Å²) in [6, 6.07) is 0. The van der Waals surface area contributed by atoms with Gasteiger partial charge in [0.25, 0.3) is 0 Å². The van der Waals surface area contributed by atoms with E-state index in [0.717, 1.165) is 19.6 Å². The molecular weight excluding hydrogens is 216 g/mol. The van der Waals surface area contributed by atoms with Crippen LogP contribution in [-0.4, -0.2) is 31.3 Å². The predicted molar refractivity (Wildman–Crippen MR) is 70.8 cm³/mol. The van der Waals surface area contributed by atoms with Gasteiger partial charge in [0, 0.05) is 12.0 Å². The normalized spacial score (nSPS) is 12.6. The molecule has 0 unspecified atom stereocenters. The van der Waals surface area contributed by atoms with E-state index in [-0.39, 0.29) is 16.9 Å². The van der Waals surface area contributed by atoms with Crippen LogP contribution in [0.15, 0.2) is 0 Å². The fourth-order valence-corrected chi connectivity index (χ4v) is 1.07. The number of ether oxygens (including phenoxy) is 1. The molecule has 2 N–H and O–H groups in total. The zero-order valence-electron chi connectivity index (χ0n) is 12.1. The molecule has 0 aromatic rings. The van der Waals surface area contributed by atoms with Crippen LogP contribution >= 0.6 is 0 Å². The summed E-state index contributed by atoms with van der Waals surface area (Å²) in [6.45, 7) is 14.0. The molecule has 102 valence electrons. The van der Waals surface area contributed by atoms with Gasteiger partial charge < -0.3 is 10.1 Å². The van der Waals surface area contributed by atoms with Gasteiger partial charge in [0.1, 0.15) is 0 Å². The summed E-state index contributed by atoms with van der Waals surface area (Å²) in [6.07, 6.45) is 0.947. The molecule has 0 aromatic heterocycles. The third-order valence-electron chi connectivity index (χ3n) is 2.09. The van der Waals surface area contributed by atoms with Gasteiger partial charge in [0.15, 0.2) is 0 Å². The molecule has 0 spiro atoms. The molecule has 0 heterocycles. The molecule has 0 fully saturated rings. The lowest BCUT2D eigenvalue weighted by Gasteiger charge is -2.20. The van der Waals surface area contributed by atoms with E-state index in [1.54, 1.807) is 0 Å². The molecule has 4 heteroatoms. The van der Waals surface area contributed by atoms with Crippen LogP contribution in [0.2, 0.25) is 0 Å². The van der Waals surface area contributed by atoms with Crippen LogP contribution in [0.1, 0.15) is 48.0 Å². The van der Waals surface area contributed by atoms with Gasteiger partial charge in [-0.3, -0.25) is 10.1 Å². The summed E-state index contributed by atoms with van der Waals surface area (Å²) in [4.78, 5) is 11.5. The Morgan fingerprint density at radius 3 is 2.18 bits per heavy atom. The van der Waals surface area contributed by atoms with Crippen molar-refractivity contribution in [1.82, 2.24) is 10.6 Å². The van der Waals surface area contributed by atoms with Crippen molar-refractivity contribution >= 4 is 5.91 Å². The molecule has 17 heavy (non-hydrogen) atoms. The zero-order valence-corrected chi connectivity index (χ0v) is 12.1. The molecule has 0 aliphatic carbocycles. The lowest BCUT2D eigenvalue weighted by molar-refractivity contribution is -0.128. The summed E-state index contributed by atoms with van der Waals surface area (Å²) in [7, 11) is 0. The van der Waals surface area contributed by atoms with E-state index in [4.69, 9.17) is 4.74 Å². The summed E-state index contributed by atoms with van der Waals surface area (Å²) in [5.74, 6) is 0.0657. The molecule has 4 nitrogen and oxygen atoms in total. The first kappa shape index (κ1) is 16.4. The van der Waals surface area contributed by atoms with Crippen LogP contribution < -0.4 is 10.6 Å². The van der Waals surface area contributed by atoms with Gasteiger partial charge in [-0.15, -0.1) is 0 Å². The number of hydrogen-bond donors (Lipinski definition) is 2. The average Bonchev–Trinajstić information content (AvgIpc) is 2.12. The first-order valence-corrected chi connectivity index (χ1v) is 6.26. The third-order valence-corrected chi connectivity index (χ3v) is 2.09. The Balaban J connectivity index is 3.39. The molecule has 0 aliphatic heterocycles. The molecule has 0 aliphatic rings. The molecule has 0 saturated carbocycles. The second-order valence-electron chi connectivity index (χ2n) is 6.25. The summed E-state index contributed by atoms with van der Waals surface area (Å²) in [5.41, 5.74) is -0.391. The van der Waals surface area contributed by atoms with E-state index in [1.807, 2.05) is 41.5 Å². The molecule has 1 amide bonds. The second-order valence-corrected chi connectivity index (χ2v) is 6.25. The fraction of sp³-hybridized carbons (Fsp3) is 0.923. The Hall–Kier alpha value is -0.610. The Labute approximate surface area is 105 Å². The average molecular weight is 244 g/mol. The van der Waals surface area contributed by atoms with Crippen molar-refractivity contribution in [2.45, 2.75) is 53.6 Å². The highest BCUT2D eigenvalue weighted by Gasteiger charge is 2.20. The van der Waals surface area contributed by atoms with Gasteiger partial charge in [-0.1, -0.05) is 20.8 Å². The molecule has 0 rings (SSSR count). The number of carbonyl (C=O) groups is 1. The van der Waals surface area contributed by atoms with Gasteiger partial charge in [-0.25, -0.2) is 0 Å². The van der Waals surface area contributed by atoms with E-state index in [0.29, 0.717) is 6.67 Å². The van der Waals surface area contributed by atoms with Crippen molar-refractivity contribution in [3.05, 3.63) is 0 Å². The number of carbonyl (C=O) groups excluding carboxylic acids is 1. The smallest absolute Gasteiger partial charge is 0.226 e. The van der Waals surface area contributed by atoms with Gasteiger partial charge >= 0.3 is 0 Å². The predicted octanol–water partition coefficient (Wildman–Crippen LogP) is 1.90. The summed E-state index contributed by atoms with van der Waals surface area (Å²) in [5, 5.41) is 6.00. The highest BCUT2D eigenvalue weighted by atomic mass is 16.5. The first-order chi connectivity index (χ1) is 7.63. The zero-order chi connectivity index (χ0) is 13.5. The number of rotatable bonds is 6. The maximum absolute atomic E-state index is 11.5. The maximum atomic E-state index is 11.5. The molecule has 0 bridgehead atoms. The monoisotopic (exact) mass is 244 g/mol. The van der Waals surface area contributed by atoms with Crippen LogP contribution in [0.4, 0.5) is 0 Å². The first-order valence-electron chi connectivity index (χ1n) is 6.26. The van der Waals surface area contributed by atoms with Gasteiger partial charge in [-0.05, 0) is 33.7 Å². The van der Waals surface area contributed by atoms with E-state index >= 15 is 0 Å². The van der Waals surface area contributed by atoms with Gasteiger partial charge in [0.2, 0.25) is 5.91 Å². The van der Waals surface area contributed by atoms with Gasteiger partial charge in [-0.2, -0.15) is 0 Å². The maximum Gasteiger partial charge on any atom is 0.226 e. The minimum Gasteiger partial charge on any atom is -0.376 e. The van der Waals surface area contributed by atoms with E-state index in [2.05, 4.69) is 10.6 Å². The summed E-state index contributed by atoms with van der Waals surface area (Å²) < 4.78 is 5.58. The minimum atomic E-state index is -0.322. The Morgan fingerprint density at radius 2 is 1.71 bits per heavy atom. The lowest BCUT2D eigenvalue weighted by atomic mass is 9.96. The largest absolute Gasteiger partial charge is 0.376 e. The molecular formula is C13H28N2O2. The highest BCUT2D eigenvalue weighted by molar-refractivity contribution is 5.81. The standard InChI is InChI=1S/C13H28N2O2/c1-12(2,3)11(16)15-10-14-8-7-9-17-13(4,5)6/h14H,7-10H2,1-6H3,(H,15,16). The van der Waals surface area contributed by atoms with Crippen molar-refractivity contribution in [1.29, 1.82) is 0 Å². The van der Waals surface area contributed by atoms with Crippen molar-refractivity contribution in [3.8, 4) is 0 Å². The van der Waals surface area contributed by atoms with Crippen molar-refractivity contribution in [2.24, 2.45) is 5.41 Å². The van der Waals surface area contributed by atoms with E-state index in [1.165, 1.54) is 0 Å². The van der Waals surface area contributed by atoms with Crippen LogP contribution in [0.25, 0.3) is 0 Å². The topological polar surface area (TPSA) is 50.4 Å². The molecule has 0 radical (unpaired) electrons. The lowest BCUT2D eigenvalue weighted by Crippen LogP contribution is -2.40. The highest BCUT2D eigenvalue weighted by Crippen LogP contribution is 2.11. The van der Waals surface area contributed by atoms with Crippen LogP contribution in [0.5, 0.6) is 0 Å². The van der Waals surface area contributed by atoms with E-state index in [9.17, 15) is 4.79 Å². The number of amides is 1. The quantitative estimate of drug-likeness (QED) is 0.554. The minimum absolute atomic E-state index is 0.0657. The fourth-order valence-electron chi connectivity index (χ4n) is 1.07. The summed E-state index contributed by atoms with van der Waals surface area (Å²) >= 11 is 0. The Morgan fingerprint density at radius 1 is 1.12 bits per heavy atom. The second kappa shape index (κ2) is 6.97.